The van der Waals surface area contributed by atoms with Crippen molar-refractivity contribution >= 4 is 28.9 Å². The molecule has 0 bridgehead atoms. The fraction of sp³-hybridized carbons (Fsp3) is 0.0833. The van der Waals surface area contributed by atoms with Crippen LogP contribution in [0.15, 0.2) is 94.1 Å². The van der Waals surface area contributed by atoms with Gasteiger partial charge < -0.3 is 9.73 Å². The van der Waals surface area contributed by atoms with Crippen LogP contribution in [0.3, 0.4) is 0 Å². The molecule has 5 rings (SSSR count). The smallest absolute Gasteiger partial charge is 0.408 e. The van der Waals surface area contributed by atoms with Crippen molar-refractivity contribution in [2.24, 2.45) is 0 Å². The minimum Gasteiger partial charge on any atom is -0.408 e. The molecule has 0 aliphatic carbocycles. The highest BCUT2D eigenvalue weighted by molar-refractivity contribution is 6.10. The topological polar surface area (TPSA) is 114 Å². The number of imide groups is 1. The van der Waals surface area contributed by atoms with E-state index in [0.717, 1.165) is 4.57 Å². The lowest BCUT2D eigenvalue weighted by Crippen LogP contribution is -2.50. The zero-order valence-corrected chi connectivity index (χ0v) is 17.2. The van der Waals surface area contributed by atoms with Crippen LogP contribution in [0.2, 0.25) is 0 Å². The number of benzene rings is 3. The quantitative estimate of drug-likeness (QED) is 0.460. The van der Waals surface area contributed by atoms with Gasteiger partial charge in [-0.3, -0.25) is 19.6 Å². The van der Waals surface area contributed by atoms with Gasteiger partial charge in [-0.05, 0) is 23.3 Å². The summed E-state index contributed by atoms with van der Waals surface area (Å²) in [5, 5.41) is 3.39. The van der Waals surface area contributed by atoms with Crippen LogP contribution in [-0.2, 0) is 21.7 Å². The summed E-state index contributed by atoms with van der Waals surface area (Å²) in [5.41, 5.74) is 2.68. The van der Waals surface area contributed by atoms with Crippen molar-refractivity contribution < 1.29 is 18.8 Å². The largest absolute Gasteiger partial charge is 0.420 e. The molecule has 1 fully saturated rings. The van der Waals surface area contributed by atoms with E-state index in [1.807, 2.05) is 0 Å². The number of amides is 4. The lowest BCUT2D eigenvalue weighted by Gasteiger charge is -2.27. The number of carbonyl (C=O) groups excluding carboxylic acids is 3. The van der Waals surface area contributed by atoms with Gasteiger partial charge in [0.05, 0.1) is 5.52 Å². The van der Waals surface area contributed by atoms with Gasteiger partial charge in [-0.15, -0.1) is 0 Å². The van der Waals surface area contributed by atoms with Gasteiger partial charge in [0.2, 0.25) is 0 Å². The molecule has 1 aliphatic heterocycles. The molecule has 0 spiro atoms. The number of nitrogens with one attached hydrogen (secondary N) is 2. The monoisotopic (exact) mass is 442 g/mol. The van der Waals surface area contributed by atoms with Crippen LogP contribution in [0.4, 0.5) is 4.79 Å². The van der Waals surface area contributed by atoms with Crippen LogP contribution in [0.1, 0.15) is 11.1 Å². The maximum absolute atomic E-state index is 13.6. The zero-order valence-electron chi connectivity index (χ0n) is 17.2. The molecule has 1 aromatic heterocycles. The lowest BCUT2D eigenvalue weighted by molar-refractivity contribution is -0.138. The molecule has 164 valence electrons. The Morgan fingerprint density at radius 1 is 0.848 bits per heavy atom. The van der Waals surface area contributed by atoms with Gasteiger partial charge in [-0.25, -0.2) is 9.59 Å². The number of hydrazine groups is 1. The van der Waals surface area contributed by atoms with E-state index in [0.29, 0.717) is 27.2 Å². The number of para-hydroxylation sites is 2. The predicted molar refractivity (Wildman–Crippen MR) is 118 cm³/mol. The van der Waals surface area contributed by atoms with E-state index in [-0.39, 0.29) is 0 Å². The van der Waals surface area contributed by atoms with E-state index in [2.05, 4.69) is 10.7 Å². The van der Waals surface area contributed by atoms with Crippen molar-refractivity contribution in [2.75, 3.05) is 0 Å². The Morgan fingerprint density at radius 3 is 2.06 bits per heavy atom. The van der Waals surface area contributed by atoms with Crippen LogP contribution in [-0.4, -0.2) is 27.4 Å². The molecule has 1 aliphatic rings. The van der Waals surface area contributed by atoms with Crippen LogP contribution >= 0.6 is 0 Å². The van der Waals surface area contributed by atoms with E-state index in [1.165, 1.54) is 0 Å². The van der Waals surface area contributed by atoms with Gasteiger partial charge in [-0.1, -0.05) is 72.8 Å². The summed E-state index contributed by atoms with van der Waals surface area (Å²) >= 11 is 0. The number of rotatable bonds is 5. The second kappa shape index (κ2) is 7.79. The summed E-state index contributed by atoms with van der Waals surface area (Å²) in [5.74, 6) is -2.11. The molecule has 2 heterocycles. The molecule has 0 unspecified atom stereocenters. The molecule has 0 radical (unpaired) electrons. The Bertz CT molecular complexity index is 1390. The van der Waals surface area contributed by atoms with E-state index < -0.39 is 35.7 Å². The van der Waals surface area contributed by atoms with Gasteiger partial charge in [-0.2, -0.15) is 5.01 Å². The molecule has 0 saturated carbocycles. The molecular weight excluding hydrogens is 424 g/mol. The first kappa shape index (κ1) is 20.3. The number of fused-ring (bicyclic) bond motifs is 1. The number of hydrogen-bond donors (Lipinski definition) is 2. The van der Waals surface area contributed by atoms with Gasteiger partial charge >= 0.3 is 11.8 Å². The first-order chi connectivity index (χ1) is 16.0. The highest BCUT2D eigenvalue weighted by atomic mass is 16.4. The van der Waals surface area contributed by atoms with Crippen LogP contribution < -0.4 is 16.5 Å². The van der Waals surface area contributed by atoms with Gasteiger partial charge in [0.15, 0.2) is 11.1 Å². The Hall–Kier alpha value is -4.66. The fourth-order valence-corrected chi connectivity index (χ4v) is 4.03. The standard InChI is InChI=1S/C24H18N4O5/c29-20(15-27-18-13-7-8-14-19(18)33-23(27)32)26-28-21(30)24(25-22(28)31,16-9-3-1-4-10-16)17-11-5-2-6-12-17/h1-14H,15H2,(H,25,31)(H,26,29). The Labute approximate surface area is 187 Å². The number of carbonyl (C=O) groups is 3. The number of aromatic nitrogens is 1. The maximum atomic E-state index is 13.6. The maximum Gasteiger partial charge on any atom is 0.420 e. The lowest BCUT2D eigenvalue weighted by atomic mass is 9.83. The summed E-state index contributed by atoms with van der Waals surface area (Å²) in [6.07, 6.45) is 0. The SMILES string of the molecule is O=C(Cn1c(=O)oc2ccccc21)NN1C(=O)NC(c2ccccc2)(c2ccccc2)C1=O. The van der Waals surface area contributed by atoms with Crippen LogP contribution in [0.25, 0.3) is 11.1 Å². The van der Waals surface area contributed by atoms with Gasteiger partial charge in [0, 0.05) is 0 Å². The van der Waals surface area contributed by atoms with Crippen molar-refractivity contribution in [1.82, 2.24) is 20.3 Å². The number of nitrogens with zero attached hydrogens (tertiary/aromatic N) is 2. The third-order valence-corrected chi connectivity index (χ3v) is 5.55. The average Bonchev–Trinajstić information content (AvgIpc) is 3.29. The summed E-state index contributed by atoms with van der Waals surface area (Å²) in [4.78, 5) is 51.4. The summed E-state index contributed by atoms with van der Waals surface area (Å²) in [6.45, 7) is -0.434. The zero-order chi connectivity index (χ0) is 23.0. The molecule has 2 N–H and O–H groups in total. The summed E-state index contributed by atoms with van der Waals surface area (Å²) in [7, 11) is 0. The number of hydrogen-bond acceptors (Lipinski definition) is 5. The van der Waals surface area contributed by atoms with Crippen molar-refractivity contribution in [1.29, 1.82) is 0 Å². The Morgan fingerprint density at radius 2 is 1.42 bits per heavy atom. The normalized spacial score (nSPS) is 15.0. The average molecular weight is 442 g/mol. The van der Waals surface area contributed by atoms with Crippen LogP contribution in [0.5, 0.6) is 0 Å². The molecule has 1 saturated heterocycles. The van der Waals surface area contributed by atoms with Gasteiger partial charge in [0.25, 0.3) is 11.8 Å². The van der Waals surface area contributed by atoms with Crippen LogP contribution in [0, 0.1) is 0 Å². The fourth-order valence-electron chi connectivity index (χ4n) is 4.03. The first-order valence-electron chi connectivity index (χ1n) is 10.2. The molecule has 4 amide bonds. The Kier molecular flexibility index (Phi) is 4.78. The molecule has 33 heavy (non-hydrogen) atoms. The summed E-state index contributed by atoms with van der Waals surface area (Å²) in [6, 6.07) is 23.4. The second-order valence-corrected chi connectivity index (χ2v) is 7.51. The number of urea groups is 1. The predicted octanol–water partition coefficient (Wildman–Crippen LogP) is 2.12. The minimum absolute atomic E-state index is 0.331. The van der Waals surface area contributed by atoms with E-state index in [1.54, 1.807) is 84.9 Å². The van der Waals surface area contributed by atoms with E-state index >= 15 is 0 Å². The third-order valence-electron chi connectivity index (χ3n) is 5.55. The Balaban J connectivity index is 1.47. The molecule has 9 nitrogen and oxygen atoms in total. The van der Waals surface area contributed by atoms with Crippen molar-refractivity contribution in [2.45, 2.75) is 12.1 Å². The molecule has 0 atom stereocenters. The number of oxazole rings is 1. The molecular formula is C24H18N4O5. The van der Waals surface area contributed by atoms with E-state index in [9.17, 15) is 19.2 Å². The minimum atomic E-state index is -1.51. The third kappa shape index (κ3) is 3.26. The van der Waals surface area contributed by atoms with Crippen molar-refractivity contribution in [3.05, 3.63) is 107 Å². The highest BCUT2D eigenvalue weighted by Crippen LogP contribution is 2.35. The van der Waals surface area contributed by atoms with Crippen molar-refractivity contribution in [3.63, 3.8) is 0 Å². The molecule has 3 aromatic carbocycles. The van der Waals surface area contributed by atoms with Gasteiger partial charge in [0.1, 0.15) is 6.54 Å². The molecule has 9 heteroatoms. The summed E-state index contributed by atoms with van der Waals surface area (Å²) < 4.78 is 6.26. The van der Waals surface area contributed by atoms with E-state index in [4.69, 9.17) is 4.42 Å². The second-order valence-electron chi connectivity index (χ2n) is 7.51. The molecule has 4 aromatic rings. The highest BCUT2D eigenvalue weighted by Gasteiger charge is 2.54. The first-order valence-corrected chi connectivity index (χ1v) is 10.2. The van der Waals surface area contributed by atoms with Crippen molar-refractivity contribution in [3.8, 4) is 0 Å².